The quantitative estimate of drug-likeness (QED) is 0.763. The summed E-state index contributed by atoms with van der Waals surface area (Å²) in [5.41, 5.74) is 1.55. The van der Waals surface area contributed by atoms with Gasteiger partial charge in [0.25, 0.3) is 5.91 Å². The molecule has 0 bridgehead atoms. The lowest BCUT2D eigenvalue weighted by Gasteiger charge is -2.38. The summed E-state index contributed by atoms with van der Waals surface area (Å²) < 4.78 is 36.6. The number of anilines is 1. The lowest BCUT2D eigenvalue weighted by molar-refractivity contribution is 0.0770. The Kier molecular flexibility index (Phi) is 6.27. The zero-order valence-electron chi connectivity index (χ0n) is 17.5. The largest absolute Gasteiger partial charge is 0.369 e. The molecule has 1 saturated heterocycles. The first-order valence-corrected chi connectivity index (χ1v) is 12.6. The van der Waals surface area contributed by atoms with Crippen LogP contribution in [0, 0.1) is 5.82 Å². The van der Waals surface area contributed by atoms with Crippen LogP contribution >= 0.6 is 0 Å². The summed E-state index contributed by atoms with van der Waals surface area (Å²) in [6.45, 7) is 1.14. The number of nitrogens with zero attached hydrogens (tertiary/aromatic N) is 2. The van der Waals surface area contributed by atoms with Gasteiger partial charge in [0.05, 0.1) is 17.1 Å². The van der Waals surface area contributed by atoms with E-state index < -0.39 is 9.84 Å². The Hall–Kier alpha value is -2.48. The molecule has 0 unspecified atom stereocenters. The Labute approximate surface area is 182 Å². The van der Waals surface area contributed by atoms with Gasteiger partial charge in [-0.25, -0.2) is 17.8 Å². The van der Waals surface area contributed by atoms with Gasteiger partial charge in [-0.3, -0.25) is 4.79 Å². The number of hydrogen-bond donors (Lipinski definition) is 1. The Morgan fingerprint density at radius 3 is 2.32 bits per heavy atom. The van der Waals surface area contributed by atoms with Crippen molar-refractivity contribution < 1.29 is 17.6 Å². The SMILES string of the molecule is O=C(c1ccc(NCC2(c3ccc(F)cc3)CCCCC2)nc1)N1CCS(=O)(=O)CC1. The van der Waals surface area contributed by atoms with E-state index in [9.17, 15) is 17.6 Å². The van der Waals surface area contributed by atoms with Crippen molar-refractivity contribution in [1.29, 1.82) is 0 Å². The van der Waals surface area contributed by atoms with E-state index in [-0.39, 0.29) is 41.7 Å². The van der Waals surface area contributed by atoms with Crippen LogP contribution in [0.5, 0.6) is 0 Å². The molecule has 2 aromatic rings. The van der Waals surface area contributed by atoms with E-state index in [0.717, 1.165) is 31.2 Å². The van der Waals surface area contributed by atoms with Gasteiger partial charge in [-0.1, -0.05) is 31.4 Å². The maximum atomic E-state index is 13.4. The van der Waals surface area contributed by atoms with E-state index in [1.54, 1.807) is 23.2 Å². The number of halogens is 1. The third-order valence-electron chi connectivity index (χ3n) is 6.52. The highest BCUT2D eigenvalue weighted by Crippen LogP contribution is 2.39. The van der Waals surface area contributed by atoms with Crippen molar-refractivity contribution in [3.63, 3.8) is 0 Å². The maximum Gasteiger partial charge on any atom is 0.255 e. The number of nitrogens with one attached hydrogen (secondary N) is 1. The summed E-state index contributed by atoms with van der Waals surface area (Å²) in [4.78, 5) is 18.6. The van der Waals surface area contributed by atoms with Crippen molar-refractivity contribution >= 4 is 21.6 Å². The van der Waals surface area contributed by atoms with Crippen molar-refractivity contribution in [2.45, 2.75) is 37.5 Å². The summed E-state index contributed by atoms with van der Waals surface area (Å²) in [6.07, 6.45) is 7.13. The predicted octanol–water partition coefficient (Wildman–Crippen LogP) is 3.41. The molecule has 8 heteroatoms. The standard InChI is InChI=1S/C23H28FN3O3S/c24-20-7-5-19(6-8-20)23(10-2-1-3-11-23)17-26-21-9-4-18(16-25-21)22(28)27-12-14-31(29,30)15-13-27/h4-9,16H,1-3,10-15,17H2,(H,25,26). The number of hydrogen-bond acceptors (Lipinski definition) is 5. The minimum absolute atomic E-state index is 0.0112. The lowest BCUT2D eigenvalue weighted by atomic mass is 9.69. The second-order valence-corrected chi connectivity index (χ2v) is 10.9. The molecule has 0 spiro atoms. The Balaban J connectivity index is 1.42. The second-order valence-electron chi connectivity index (χ2n) is 8.58. The monoisotopic (exact) mass is 445 g/mol. The Bertz CT molecular complexity index is 1000. The zero-order chi connectivity index (χ0) is 21.9. The third-order valence-corrected chi connectivity index (χ3v) is 8.13. The number of sulfone groups is 1. The van der Waals surface area contributed by atoms with Crippen LogP contribution in [0.3, 0.4) is 0 Å². The van der Waals surface area contributed by atoms with Gasteiger partial charge in [0.2, 0.25) is 0 Å². The molecule has 1 aliphatic heterocycles. The molecule has 2 aliphatic rings. The summed E-state index contributed by atoms with van der Waals surface area (Å²) in [5.74, 6) is 0.291. The van der Waals surface area contributed by atoms with Gasteiger partial charge >= 0.3 is 0 Å². The highest BCUT2D eigenvalue weighted by atomic mass is 32.2. The molecule has 1 aromatic heterocycles. The predicted molar refractivity (Wildman–Crippen MR) is 118 cm³/mol. The highest BCUT2D eigenvalue weighted by molar-refractivity contribution is 7.91. The molecule has 2 fully saturated rings. The number of carbonyl (C=O) groups is 1. The highest BCUT2D eigenvalue weighted by Gasteiger charge is 2.34. The molecule has 1 aliphatic carbocycles. The fraction of sp³-hybridized carbons (Fsp3) is 0.478. The number of pyridine rings is 1. The van der Waals surface area contributed by atoms with Crippen LogP contribution in [-0.4, -0.2) is 55.3 Å². The molecule has 1 N–H and O–H groups in total. The molecular formula is C23H28FN3O3S. The van der Waals surface area contributed by atoms with Gasteiger partial charge in [0.15, 0.2) is 9.84 Å². The Morgan fingerprint density at radius 2 is 1.71 bits per heavy atom. The third kappa shape index (κ3) is 5.06. The first kappa shape index (κ1) is 21.7. The van der Waals surface area contributed by atoms with Gasteiger partial charge in [0.1, 0.15) is 11.6 Å². The molecule has 0 atom stereocenters. The van der Waals surface area contributed by atoms with Crippen LogP contribution in [-0.2, 0) is 15.3 Å². The first-order chi connectivity index (χ1) is 14.9. The van der Waals surface area contributed by atoms with Crippen LogP contribution in [0.2, 0.25) is 0 Å². The second kappa shape index (κ2) is 8.94. The summed E-state index contributed by atoms with van der Waals surface area (Å²) >= 11 is 0. The average molecular weight is 446 g/mol. The van der Waals surface area contributed by atoms with Crippen molar-refractivity contribution in [1.82, 2.24) is 9.88 Å². The van der Waals surface area contributed by atoms with E-state index in [1.165, 1.54) is 18.6 Å². The summed E-state index contributed by atoms with van der Waals surface area (Å²) in [5, 5.41) is 3.42. The van der Waals surface area contributed by atoms with Crippen molar-refractivity contribution in [3.05, 3.63) is 59.5 Å². The van der Waals surface area contributed by atoms with E-state index in [4.69, 9.17) is 0 Å². The van der Waals surface area contributed by atoms with E-state index >= 15 is 0 Å². The minimum atomic E-state index is -3.03. The molecule has 0 radical (unpaired) electrons. The fourth-order valence-electron chi connectivity index (χ4n) is 4.58. The first-order valence-electron chi connectivity index (χ1n) is 10.8. The van der Waals surface area contributed by atoms with Crippen LogP contribution < -0.4 is 5.32 Å². The molecular weight excluding hydrogens is 417 g/mol. The van der Waals surface area contributed by atoms with Crippen LogP contribution in [0.1, 0.15) is 48.0 Å². The smallest absolute Gasteiger partial charge is 0.255 e. The summed E-state index contributed by atoms with van der Waals surface area (Å²) in [6, 6.07) is 10.3. The molecule has 2 heterocycles. The fourth-order valence-corrected chi connectivity index (χ4v) is 5.78. The van der Waals surface area contributed by atoms with Crippen molar-refractivity contribution in [3.8, 4) is 0 Å². The topological polar surface area (TPSA) is 79.4 Å². The number of aromatic nitrogens is 1. The van der Waals surface area contributed by atoms with Gasteiger partial charge < -0.3 is 10.2 Å². The molecule has 1 aromatic carbocycles. The molecule has 1 amide bonds. The Morgan fingerprint density at radius 1 is 1.03 bits per heavy atom. The number of rotatable bonds is 5. The number of carbonyl (C=O) groups excluding carboxylic acids is 1. The van der Waals surface area contributed by atoms with E-state index in [2.05, 4.69) is 10.3 Å². The molecule has 1 saturated carbocycles. The van der Waals surface area contributed by atoms with Gasteiger partial charge in [-0.15, -0.1) is 0 Å². The van der Waals surface area contributed by atoms with Gasteiger partial charge in [-0.05, 0) is 42.7 Å². The minimum Gasteiger partial charge on any atom is -0.369 e. The normalized spacial score (nSPS) is 20.2. The van der Waals surface area contributed by atoms with E-state index in [1.807, 2.05) is 12.1 Å². The van der Waals surface area contributed by atoms with Gasteiger partial charge in [0, 0.05) is 31.2 Å². The van der Waals surface area contributed by atoms with Gasteiger partial charge in [-0.2, -0.15) is 0 Å². The van der Waals surface area contributed by atoms with E-state index in [0.29, 0.717) is 17.9 Å². The van der Waals surface area contributed by atoms with Crippen molar-refractivity contribution in [2.75, 3.05) is 36.5 Å². The van der Waals surface area contributed by atoms with Crippen molar-refractivity contribution in [2.24, 2.45) is 0 Å². The van der Waals surface area contributed by atoms with Crippen LogP contribution in [0.25, 0.3) is 0 Å². The van der Waals surface area contributed by atoms with Crippen LogP contribution in [0.15, 0.2) is 42.6 Å². The van der Waals surface area contributed by atoms with Crippen LogP contribution in [0.4, 0.5) is 10.2 Å². The lowest BCUT2D eigenvalue weighted by Crippen LogP contribution is -2.43. The molecule has 6 nitrogen and oxygen atoms in total. The molecule has 166 valence electrons. The maximum absolute atomic E-state index is 13.4. The number of benzene rings is 1. The number of amides is 1. The average Bonchev–Trinajstić information content (AvgIpc) is 2.79. The molecule has 4 rings (SSSR count). The summed E-state index contributed by atoms with van der Waals surface area (Å²) in [7, 11) is -3.03. The zero-order valence-corrected chi connectivity index (χ0v) is 18.3. The molecule has 31 heavy (non-hydrogen) atoms.